The van der Waals surface area contributed by atoms with Crippen LogP contribution in [0.3, 0.4) is 0 Å². The molecule has 58 heavy (non-hydrogen) atoms. The zero-order chi connectivity index (χ0) is 38.8. The molecule has 5 heteroatoms. The molecule has 1 spiro atoms. The lowest BCUT2D eigenvalue weighted by atomic mass is 9.65. The lowest BCUT2D eigenvalue weighted by Crippen LogP contribution is -2.34. The standard InChI is InChI=1S/C53H36N4O/c1-3-4-29-47-34(2)53(42-25-13-16-30-48(42)58-47)43-33-37(52-55-50(35-18-7-5-8-19-35)54-51(56-52)36-20-9-6-10-21-36)31-32-38(43)41-24-17-28-46(49(41)53)57-44-26-14-11-22-39(44)40-23-12-15-27-45(40)57/h3-33H,1H2,2H3/b29-4-. The van der Waals surface area contributed by atoms with E-state index in [9.17, 15) is 0 Å². The molecule has 7 aromatic carbocycles. The van der Waals surface area contributed by atoms with Crippen LogP contribution in [0.2, 0.25) is 0 Å². The predicted molar refractivity (Wildman–Crippen MR) is 235 cm³/mol. The smallest absolute Gasteiger partial charge is 0.164 e. The number of fused-ring (bicyclic) bond motifs is 10. The zero-order valence-electron chi connectivity index (χ0n) is 31.8. The van der Waals surface area contributed by atoms with Crippen molar-refractivity contribution in [1.29, 1.82) is 0 Å². The van der Waals surface area contributed by atoms with Gasteiger partial charge in [-0.05, 0) is 65.6 Å². The summed E-state index contributed by atoms with van der Waals surface area (Å²) in [5.74, 6) is 3.47. The van der Waals surface area contributed by atoms with Crippen LogP contribution in [0, 0.1) is 0 Å². The van der Waals surface area contributed by atoms with Crippen molar-refractivity contribution in [3.8, 4) is 56.7 Å². The first-order chi connectivity index (χ1) is 28.6. The third-order valence-electron chi connectivity index (χ3n) is 11.7. The molecule has 0 saturated heterocycles. The van der Waals surface area contributed by atoms with E-state index in [1.807, 2.05) is 72.8 Å². The molecule has 9 aromatic rings. The summed E-state index contributed by atoms with van der Waals surface area (Å²) in [6.45, 7) is 6.22. The number of benzene rings is 7. The van der Waals surface area contributed by atoms with Crippen LogP contribution in [0.5, 0.6) is 5.75 Å². The highest BCUT2D eigenvalue weighted by Gasteiger charge is 2.52. The molecule has 2 aliphatic rings. The van der Waals surface area contributed by atoms with Gasteiger partial charge < -0.3 is 9.30 Å². The van der Waals surface area contributed by atoms with Crippen molar-refractivity contribution in [1.82, 2.24) is 19.5 Å². The third kappa shape index (κ3) is 4.93. The van der Waals surface area contributed by atoms with Gasteiger partial charge in [-0.3, -0.25) is 0 Å². The summed E-state index contributed by atoms with van der Waals surface area (Å²) in [6.07, 6.45) is 5.78. The summed E-state index contributed by atoms with van der Waals surface area (Å²) in [5.41, 5.74) is 12.3. The van der Waals surface area contributed by atoms with E-state index in [1.54, 1.807) is 6.08 Å². The molecule has 0 radical (unpaired) electrons. The number of aromatic nitrogens is 4. The van der Waals surface area contributed by atoms with Crippen molar-refractivity contribution < 1.29 is 4.74 Å². The van der Waals surface area contributed by atoms with Gasteiger partial charge in [-0.2, -0.15) is 0 Å². The summed E-state index contributed by atoms with van der Waals surface area (Å²) >= 11 is 0. The Morgan fingerprint density at radius 1 is 0.552 bits per heavy atom. The maximum Gasteiger partial charge on any atom is 0.164 e. The number of ether oxygens (including phenoxy) is 1. The molecule has 0 N–H and O–H groups in total. The number of rotatable bonds is 6. The van der Waals surface area contributed by atoms with Crippen LogP contribution in [0.15, 0.2) is 206 Å². The minimum Gasteiger partial charge on any atom is -0.457 e. The van der Waals surface area contributed by atoms with Gasteiger partial charge in [0.1, 0.15) is 11.5 Å². The Kier molecular flexibility index (Phi) is 7.70. The topological polar surface area (TPSA) is 52.8 Å². The van der Waals surface area contributed by atoms with Crippen molar-refractivity contribution in [2.45, 2.75) is 12.3 Å². The molecular formula is C53H36N4O. The maximum atomic E-state index is 6.78. The van der Waals surface area contributed by atoms with Crippen molar-refractivity contribution in [3.63, 3.8) is 0 Å². The highest BCUT2D eigenvalue weighted by Crippen LogP contribution is 2.62. The Labute approximate surface area is 336 Å². The van der Waals surface area contributed by atoms with E-state index in [4.69, 9.17) is 19.7 Å². The Morgan fingerprint density at radius 2 is 1.14 bits per heavy atom. The minimum absolute atomic E-state index is 0.609. The fourth-order valence-electron chi connectivity index (χ4n) is 9.26. The number of hydrogen-bond donors (Lipinski definition) is 0. The molecule has 2 aromatic heterocycles. The van der Waals surface area contributed by atoms with E-state index < -0.39 is 5.41 Å². The molecule has 1 unspecified atom stereocenters. The summed E-state index contributed by atoms with van der Waals surface area (Å²) < 4.78 is 9.24. The Balaban J connectivity index is 1.24. The van der Waals surface area contributed by atoms with Crippen LogP contribution in [0.1, 0.15) is 23.6 Å². The minimum atomic E-state index is -0.753. The molecule has 1 aliphatic heterocycles. The molecule has 0 amide bonds. The second kappa shape index (κ2) is 13.2. The fourth-order valence-corrected chi connectivity index (χ4v) is 9.26. The zero-order valence-corrected chi connectivity index (χ0v) is 31.8. The normalized spacial score (nSPS) is 15.5. The summed E-state index contributed by atoms with van der Waals surface area (Å²) in [5, 5.41) is 2.44. The Morgan fingerprint density at radius 3 is 1.79 bits per heavy atom. The van der Waals surface area contributed by atoms with Crippen LogP contribution in [-0.4, -0.2) is 19.5 Å². The summed E-state index contributed by atoms with van der Waals surface area (Å²) in [4.78, 5) is 15.3. The third-order valence-corrected chi connectivity index (χ3v) is 11.7. The van der Waals surface area contributed by atoms with E-state index in [1.165, 1.54) is 21.9 Å². The SMILES string of the molecule is C=C/C=C\C1=C(C)C2(c3ccccc3O1)c1cc(-c3nc(-c4ccccc4)nc(-c4ccccc4)n3)ccc1-c1cccc(-n3c4ccccc4c4ccccc43)c12. The first-order valence-corrected chi connectivity index (χ1v) is 19.6. The highest BCUT2D eigenvalue weighted by molar-refractivity contribution is 6.10. The fraction of sp³-hybridized carbons (Fsp3) is 0.0377. The number of nitrogens with zero attached hydrogens (tertiary/aromatic N) is 4. The first kappa shape index (κ1) is 33.7. The molecule has 5 nitrogen and oxygen atoms in total. The quantitative estimate of drug-likeness (QED) is 0.159. The molecule has 0 saturated carbocycles. The van der Waals surface area contributed by atoms with Gasteiger partial charge in [0.25, 0.3) is 0 Å². The van der Waals surface area contributed by atoms with Crippen molar-refractivity contribution in [2.75, 3.05) is 0 Å². The van der Waals surface area contributed by atoms with E-state index in [0.717, 1.165) is 67.2 Å². The van der Waals surface area contributed by atoms with Gasteiger partial charge in [0.15, 0.2) is 17.5 Å². The molecular weight excluding hydrogens is 709 g/mol. The lowest BCUT2D eigenvalue weighted by molar-refractivity contribution is 0.398. The van der Waals surface area contributed by atoms with E-state index in [0.29, 0.717) is 17.5 Å². The van der Waals surface area contributed by atoms with Crippen LogP contribution < -0.4 is 4.74 Å². The second-order valence-corrected chi connectivity index (χ2v) is 14.8. The monoisotopic (exact) mass is 744 g/mol. The van der Waals surface area contributed by atoms with Crippen LogP contribution in [-0.2, 0) is 5.41 Å². The first-order valence-electron chi connectivity index (χ1n) is 19.6. The maximum absolute atomic E-state index is 6.78. The van der Waals surface area contributed by atoms with Gasteiger partial charge >= 0.3 is 0 Å². The molecule has 11 rings (SSSR count). The molecule has 274 valence electrons. The lowest BCUT2D eigenvalue weighted by Gasteiger charge is -2.40. The van der Waals surface area contributed by atoms with Crippen molar-refractivity contribution in [2.24, 2.45) is 0 Å². The average Bonchev–Trinajstić information content (AvgIpc) is 3.78. The number of para-hydroxylation sites is 3. The van der Waals surface area contributed by atoms with E-state index in [2.05, 4.69) is 127 Å². The number of hydrogen-bond acceptors (Lipinski definition) is 4. The van der Waals surface area contributed by atoms with Gasteiger partial charge in [-0.25, -0.2) is 15.0 Å². The van der Waals surface area contributed by atoms with Gasteiger partial charge in [0.2, 0.25) is 0 Å². The molecule has 3 heterocycles. The van der Waals surface area contributed by atoms with Gasteiger partial charge in [-0.15, -0.1) is 0 Å². The molecule has 1 aliphatic carbocycles. The molecule has 0 fully saturated rings. The second-order valence-electron chi connectivity index (χ2n) is 14.8. The predicted octanol–water partition coefficient (Wildman–Crippen LogP) is 12.7. The van der Waals surface area contributed by atoms with E-state index in [-0.39, 0.29) is 0 Å². The van der Waals surface area contributed by atoms with Crippen LogP contribution in [0.4, 0.5) is 0 Å². The van der Waals surface area contributed by atoms with Gasteiger partial charge in [-0.1, -0.05) is 158 Å². The molecule has 0 bridgehead atoms. The van der Waals surface area contributed by atoms with Crippen molar-refractivity contribution in [3.05, 3.63) is 223 Å². The van der Waals surface area contributed by atoms with Crippen LogP contribution >= 0.6 is 0 Å². The Hall–Kier alpha value is -7.63. The van der Waals surface area contributed by atoms with E-state index >= 15 is 0 Å². The van der Waals surface area contributed by atoms with Crippen LogP contribution in [0.25, 0.3) is 72.8 Å². The summed E-state index contributed by atoms with van der Waals surface area (Å²) in [7, 11) is 0. The summed E-state index contributed by atoms with van der Waals surface area (Å²) in [6, 6.07) is 59.7. The highest BCUT2D eigenvalue weighted by atomic mass is 16.5. The molecule has 1 atom stereocenters. The average molecular weight is 745 g/mol. The number of allylic oxidation sites excluding steroid dienone is 4. The van der Waals surface area contributed by atoms with Gasteiger partial charge in [0, 0.05) is 38.6 Å². The Bertz CT molecular complexity index is 3070. The largest absolute Gasteiger partial charge is 0.457 e. The van der Waals surface area contributed by atoms with Gasteiger partial charge in [0.05, 0.1) is 22.1 Å². The van der Waals surface area contributed by atoms with Crippen molar-refractivity contribution >= 4 is 21.8 Å².